The molecule has 0 unspecified atom stereocenters. The highest BCUT2D eigenvalue weighted by atomic mass is 35.5. The highest BCUT2D eigenvalue weighted by Crippen LogP contribution is 2.28. The molecule has 5 rings (SSSR count). The molecule has 2 aliphatic heterocycles. The average molecular weight is 507 g/mol. The molecule has 35 heavy (non-hydrogen) atoms. The molecular weight excluding hydrogens is 490 g/mol. The zero-order valence-electron chi connectivity index (χ0n) is 18.1. The number of amides is 1. The van der Waals surface area contributed by atoms with Gasteiger partial charge in [-0.1, -0.05) is 53.5 Å². The predicted octanol–water partition coefficient (Wildman–Crippen LogP) is 5.89. The molecule has 0 spiro atoms. The van der Waals surface area contributed by atoms with E-state index in [9.17, 15) is 14.0 Å². The molecule has 0 saturated heterocycles. The van der Waals surface area contributed by atoms with E-state index in [-0.39, 0.29) is 33.2 Å². The molecule has 0 saturated carbocycles. The maximum atomic E-state index is 13.4. The van der Waals surface area contributed by atoms with Crippen molar-refractivity contribution in [3.8, 4) is 16.9 Å². The van der Waals surface area contributed by atoms with Crippen molar-refractivity contribution in [1.82, 2.24) is 14.3 Å². The summed E-state index contributed by atoms with van der Waals surface area (Å²) in [7, 11) is 0. The number of hydrogen-bond donors (Lipinski definition) is 1. The molecule has 0 fully saturated rings. The lowest BCUT2D eigenvalue weighted by molar-refractivity contribution is 0.102. The zero-order valence-corrected chi connectivity index (χ0v) is 19.6. The Kier molecular flexibility index (Phi) is 6.11. The topological polar surface area (TPSA) is 68.9 Å². The van der Waals surface area contributed by atoms with Crippen molar-refractivity contribution in [3.05, 3.63) is 123 Å². The molecule has 2 heterocycles. The maximum Gasteiger partial charge on any atom is 0.282 e. The smallest absolute Gasteiger partial charge is 0.282 e. The van der Waals surface area contributed by atoms with Gasteiger partial charge < -0.3 is 9.88 Å². The molecule has 0 aromatic heterocycles. The van der Waals surface area contributed by atoms with Crippen LogP contribution in [0.15, 0.2) is 90.0 Å². The van der Waals surface area contributed by atoms with Crippen molar-refractivity contribution < 1.29 is 9.18 Å². The fourth-order valence-corrected chi connectivity index (χ4v) is 4.20. The quantitative estimate of drug-likeness (QED) is 0.323. The van der Waals surface area contributed by atoms with Gasteiger partial charge >= 0.3 is 0 Å². The number of hydrogen-bond acceptors (Lipinski definition) is 3. The highest BCUT2D eigenvalue weighted by Gasteiger charge is 2.25. The number of aromatic nitrogens is 3. The van der Waals surface area contributed by atoms with Crippen LogP contribution in [0.25, 0.3) is 16.9 Å². The lowest BCUT2D eigenvalue weighted by Crippen LogP contribution is -2.18. The number of pyridine rings is 1. The number of fused-ring (bicyclic) bond motifs is 1. The van der Waals surface area contributed by atoms with Gasteiger partial charge in [0.1, 0.15) is 11.5 Å². The molecule has 174 valence electrons. The van der Waals surface area contributed by atoms with Gasteiger partial charge in [0.15, 0.2) is 0 Å². The van der Waals surface area contributed by atoms with Gasteiger partial charge in [0, 0.05) is 24.0 Å². The monoisotopic (exact) mass is 506 g/mol. The van der Waals surface area contributed by atoms with Gasteiger partial charge in [-0.05, 0) is 48.0 Å². The molecule has 9 heteroatoms. The van der Waals surface area contributed by atoms with E-state index in [4.69, 9.17) is 23.2 Å². The summed E-state index contributed by atoms with van der Waals surface area (Å²) in [6, 6.07) is 19.7. The molecular formula is C26H17Cl2FN4O2. The second-order valence-corrected chi connectivity index (χ2v) is 8.71. The van der Waals surface area contributed by atoms with Crippen LogP contribution in [-0.2, 0) is 6.54 Å². The largest absolute Gasteiger partial charge is 0.348 e. The van der Waals surface area contributed by atoms with Crippen LogP contribution >= 0.6 is 23.2 Å². The van der Waals surface area contributed by atoms with Crippen molar-refractivity contribution in [2.24, 2.45) is 0 Å². The summed E-state index contributed by atoms with van der Waals surface area (Å²) >= 11 is 12.2. The van der Waals surface area contributed by atoms with Gasteiger partial charge in [0.25, 0.3) is 11.5 Å². The molecule has 0 atom stereocenters. The second-order valence-electron chi connectivity index (χ2n) is 7.86. The van der Waals surface area contributed by atoms with Crippen LogP contribution in [-0.4, -0.2) is 20.3 Å². The van der Waals surface area contributed by atoms with E-state index >= 15 is 0 Å². The maximum absolute atomic E-state index is 13.4. The Morgan fingerprint density at radius 1 is 0.971 bits per heavy atom. The number of para-hydroxylation sites is 1. The van der Waals surface area contributed by atoms with Crippen LogP contribution in [0.4, 0.5) is 10.1 Å². The minimum Gasteiger partial charge on any atom is -0.348 e. The molecule has 1 N–H and O–H groups in total. The lowest BCUT2D eigenvalue weighted by Gasteiger charge is -2.14. The van der Waals surface area contributed by atoms with E-state index in [0.29, 0.717) is 22.9 Å². The van der Waals surface area contributed by atoms with Crippen molar-refractivity contribution in [3.63, 3.8) is 0 Å². The fraction of sp³-hybridized carbons (Fsp3) is 0.0385. The third kappa shape index (κ3) is 4.69. The fourth-order valence-electron chi connectivity index (χ4n) is 3.74. The second kappa shape index (κ2) is 9.37. The molecule has 0 radical (unpaired) electrons. The first-order valence-corrected chi connectivity index (χ1v) is 11.3. The standard InChI is InChI=1S/C26H17Cl2FN4O2/c27-17-8-11-23(22(28)12-17)30-25(34)20-14-32(13-16-6-9-18(29)10-7-16)15-21-24(20)31-33(26(21)35)19-4-2-1-3-5-19/h1-12,14-15H,13H2,(H,30,34). The Hall–Kier alpha value is -3.94. The Balaban J connectivity index is 1.62. The minimum atomic E-state index is -0.495. The number of nitrogens with zero attached hydrogens (tertiary/aromatic N) is 3. The Labute approximate surface area is 209 Å². The number of halogens is 3. The number of nitrogens with one attached hydrogen (secondary N) is 1. The third-order valence-corrected chi connectivity index (χ3v) is 5.97. The first-order chi connectivity index (χ1) is 16.9. The summed E-state index contributed by atoms with van der Waals surface area (Å²) in [5, 5.41) is 7.95. The van der Waals surface area contributed by atoms with Crippen LogP contribution in [0.3, 0.4) is 0 Å². The number of rotatable bonds is 5. The normalized spacial score (nSPS) is 11.1. The molecule has 2 aliphatic rings. The summed E-state index contributed by atoms with van der Waals surface area (Å²) in [6.45, 7) is 0.314. The zero-order chi connectivity index (χ0) is 24.5. The first-order valence-electron chi connectivity index (χ1n) is 10.6. The van der Waals surface area contributed by atoms with Crippen LogP contribution in [0.1, 0.15) is 15.9 Å². The van der Waals surface area contributed by atoms with Gasteiger partial charge in [0.05, 0.1) is 27.5 Å². The lowest BCUT2D eigenvalue weighted by atomic mass is 10.1. The minimum absolute atomic E-state index is 0.183. The summed E-state index contributed by atoms with van der Waals surface area (Å²) in [5.74, 6) is -0.842. The molecule has 1 amide bonds. The van der Waals surface area contributed by atoms with Crippen molar-refractivity contribution in [2.75, 3.05) is 5.32 Å². The number of carbonyl (C=O) groups excluding carboxylic acids is 1. The molecule has 6 nitrogen and oxygen atoms in total. The van der Waals surface area contributed by atoms with E-state index in [0.717, 1.165) is 5.56 Å². The Morgan fingerprint density at radius 3 is 2.43 bits per heavy atom. The summed E-state index contributed by atoms with van der Waals surface area (Å²) in [5.41, 5.74) is 2.08. The van der Waals surface area contributed by atoms with Crippen LogP contribution in [0.2, 0.25) is 10.0 Å². The number of carbonyl (C=O) groups is 1. The SMILES string of the molecule is O=C(Nc1ccc(Cl)cc1Cl)c1cn(Cc2ccc(F)cc2)cc2c(=O)n(-c3ccccc3)nc1-2. The van der Waals surface area contributed by atoms with E-state index < -0.39 is 5.91 Å². The molecule has 3 aromatic rings. The van der Waals surface area contributed by atoms with E-state index in [1.165, 1.54) is 22.9 Å². The summed E-state index contributed by atoms with van der Waals surface area (Å²) < 4.78 is 16.3. The number of anilines is 1. The van der Waals surface area contributed by atoms with Gasteiger partial charge in [-0.15, -0.1) is 0 Å². The summed E-state index contributed by atoms with van der Waals surface area (Å²) in [4.78, 5) is 26.6. The molecule has 3 aromatic carbocycles. The van der Waals surface area contributed by atoms with Crippen LogP contribution < -0.4 is 10.9 Å². The first kappa shape index (κ1) is 22.8. The van der Waals surface area contributed by atoms with Crippen molar-refractivity contribution >= 4 is 34.8 Å². The van der Waals surface area contributed by atoms with Gasteiger partial charge in [-0.3, -0.25) is 9.59 Å². The third-order valence-electron chi connectivity index (χ3n) is 5.43. The van der Waals surface area contributed by atoms with E-state index in [2.05, 4.69) is 10.4 Å². The van der Waals surface area contributed by atoms with Crippen LogP contribution in [0, 0.1) is 5.82 Å². The molecule has 0 aliphatic carbocycles. The number of benzene rings is 3. The Bertz CT molecular complexity index is 1560. The summed E-state index contributed by atoms with van der Waals surface area (Å²) in [6.07, 6.45) is 3.24. The van der Waals surface area contributed by atoms with Crippen molar-refractivity contribution in [2.45, 2.75) is 6.54 Å². The van der Waals surface area contributed by atoms with E-state index in [1.807, 2.05) is 6.07 Å². The van der Waals surface area contributed by atoms with Gasteiger partial charge in [0.2, 0.25) is 0 Å². The highest BCUT2D eigenvalue weighted by molar-refractivity contribution is 6.36. The Morgan fingerprint density at radius 2 is 1.71 bits per heavy atom. The van der Waals surface area contributed by atoms with Gasteiger partial charge in [-0.25, -0.2) is 4.39 Å². The van der Waals surface area contributed by atoms with Crippen LogP contribution in [0.5, 0.6) is 0 Å². The van der Waals surface area contributed by atoms with Crippen molar-refractivity contribution in [1.29, 1.82) is 0 Å². The predicted molar refractivity (Wildman–Crippen MR) is 134 cm³/mol. The molecule has 0 bridgehead atoms. The van der Waals surface area contributed by atoms with Gasteiger partial charge in [-0.2, -0.15) is 9.78 Å². The van der Waals surface area contributed by atoms with E-state index in [1.54, 1.807) is 65.5 Å². The average Bonchev–Trinajstić information content (AvgIpc) is 3.18.